The van der Waals surface area contributed by atoms with Crippen LogP contribution in [-0.4, -0.2) is 11.1 Å². The van der Waals surface area contributed by atoms with E-state index in [9.17, 15) is 0 Å². The first-order chi connectivity index (χ1) is 28.3. The molecule has 2 aliphatic heterocycles. The highest BCUT2D eigenvalue weighted by molar-refractivity contribution is 6.21. The molecule has 2 aliphatic carbocycles. The topological polar surface area (TPSA) is 6.48 Å². The highest BCUT2D eigenvalue weighted by atomic mass is 15.3. The summed E-state index contributed by atoms with van der Waals surface area (Å²) < 4.78 is 0. The van der Waals surface area contributed by atoms with Crippen molar-refractivity contribution in [2.75, 3.05) is 9.80 Å². The van der Waals surface area contributed by atoms with E-state index in [-0.39, 0.29) is 21.9 Å². The summed E-state index contributed by atoms with van der Waals surface area (Å²) in [6.45, 7) is 10.3. The van der Waals surface area contributed by atoms with E-state index in [1.807, 2.05) is 0 Å². The van der Waals surface area contributed by atoms with Crippen molar-refractivity contribution in [1.82, 2.24) is 0 Å². The van der Waals surface area contributed by atoms with Gasteiger partial charge in [0.05, 0.1) is 11.1 Å². The minimum atomic E-state index is 0.00747. The van der Waals surface area contributed by atoms with Gasteiger partial charge in [-0.05, 0) is 143 Å². The number of hydrogen-bond donors (Lipinski definition) is 0. The second-order valence-electron chi connectivity index (χ2n) is 19.0. The molecule has 4 atom stereocenters. The van der Waals surface area contributed by atoms with Gasteiger partial charge in [-0.2, -0.15) is 0 Å². The van der Waals surface area contributed by atoms with Crippen molar-refractivity contribution < 1.29 is 0 Å². The molecule has 0 aromatic heterocycles. The van der Waals surface area contributed by atoms with Crippen LogP contribution in [0, 0.1) is 0 Å². The van der Waals surface area contributed by atoms with Gasteiger partial charge in [-0.25, -0.2) is 0 Å². The monoisotopic (exact) mass is 756 g/mol. The summed E-state index contributed by atoms with van der Waals surface area (Å²) in [5, 5.41) is 5.33. The Kier molecular flexibility index (Phi) is 8.08. The molecule has 2 fully saturated rings. The summed E-state index contributed by atoms with van der Waals surface area (Å²) in [6.07, 6.45) is 12.5. The van der Waals surface area contributed by atoms with Crippen molar-refractivity contribution in [3.05, 3.63) is 157 Å². The number of benzene rings is 7. The van der Waals surface area contributed by atoms with Gasteiger partial charge >= 0.3 is 0 Å². The maximum atomic E-state index is 2.71. The molecule has 2 heteroatoms. The number of fused-ring (bicyclic) bond motifs is 8. The van der Waals surface area contributed by atoms with E-state index < -0.39 is 0 Å². The molecular formula is C56H56N2. The Labute approximate surface area is 345 Å². The van der Waals surface area contributed by atoms with Crippen LogP contribution in [0.25, 0.3) is 43.8 Å². The summed E-state index contributed by atoms with van der Waals surface area (Å²) in [6, 6.07) is 55.9. The maximum Gasteiger partial charge on any atom is 0.0517 e. The van der Waals surface area contributed by atoms with Gasteiger partial charge in [-0.3, -0.25) is 0 Å². The molecule has 7 aromatic carbocycles. The molecule has 2 saturated carbocycles. The smallest absolute Gasteiger partial charge is 0.0517 e. The maximum absolute atomic E-state index is 2.71. The van der Waals surface area contributed by atoms with Crippen molar-refractivity contribution in [1.29, 1.82) is 0 Å². The quantitative estimate of drug-likeness (QED) is 0.165. The third kappa shape index (κ3) is 4.84. The number of para-hydroxylation sites is 2. The van der Waals surface area contributed by atoms with Gasteiger partial charge < -0.3 is 9.80 Å². The fourth-order valence-corrected chi connectivity index (χ4v) is 12.8. The molecule has 0 radical (unpaired) electrons. The molecule has 4 aliphatic rings. The first-order valence-corrected chi connectivity index (χ1v) is 22.2. The fourth-order valence-electron chi connectivity index (χ4n) is 12.8. The number of anilines is 4. The Balaban J connectivity index is 1.13. The van der Waals surface area contributed by atoms with Crippen LogP contribution in [0.1, 0.15) is 103 Å². The van der Waals surface area contributed by atoms with Gasteiger partial charge in [-0.1, -0.05) is 149 Å². The minimum absolute atomic E-state index is 0.00747. The van der Waals surface area contributed by atoms with Gasteiger partial charge in [0.1, 0.15) is 0 Å². The largest absolute Gasteiger partial charge is 0.334 e. The van der Waals surface area contributed by atoms with Crippen molar-refractivity contribution in [3.8, 4) is 22.3 Å². The van der Waals surface area contributed by atoms with E-state index in [1.165, 1.54) is 142 Å². The van der Waals surface area contributed by atoms with Gasteiger partial charge in [-0.15, -0.1) is 0 Å². The normalized spacial score (nSPS) is 26.5. The minimum Gasteiger partial charge on any atom is -0.334 e. The van der Waals surface area contributed by atoms with E-state index >= 15 is 0 Å². The standard InChI is InChI=1S/C56H56N2/c1-53-33-17-7-19-35-55(53,3)57(41-21-9-5-10-22-41)49-31-29-39(37-47(49)53)51-43-25-13-15-27-45(43)52(46-28-16-14-26-44(46)51)40-30-32-50-48(38-40)54(2)34-18-8-20-36-56(54,4)58(50)42-23-11-6-12-24-42/h5-6,9-16,21-32,37-38H,7-8,17-20,33-36H2,1-4H3. The van der Waals surface area contributed by atoms with Crippen LogP contribution >= 0.6 is 0 Å². The van der Waals surface area contributed by atoms with Crippen molar-refractivity contribution in [2.24, 2.45) is 0 Å². The van der Waals surface area contributed by atoms with E-state index in [0.717, 1.165) is 0 Å². The van der Waals surface area contributed by atoms with E-state index in [0.29, 0.717) is 0 Å². The van der Waals surface area contributed by atoms with Crippen LogP contribution in [0.2, 0.25) is 0 Å². The summed E-state index contributed by atoms with van der Waals surface area (Å²) in [4.78, 5) is 5.42. The van der Waals surface area contributed by atoms with Gasteiger partial charge in [0, 0.05) is 33.6 Å². The van der Waals surface area contributed by atoms with E-state index in [4.69, 9.17) is 0 Å². The molecule has 7 aromatic rings. The second-order valence-corrected chi connectivity index (χ2v) is 19.0. The Morgan fingerprint density at radius 2 is 0.707 bits per heavy atom. The zero-order chi connectivity index (χ0) is 39.3. The Bertz CT molecular complexity index is 2470. The molecule has 0 N–H and O–H groups in total. The summed E-state index contributed by atoms with van der Waals surface area (Å²) >= 11 is 0. The van der Waals surface area contributed by atoms with Gasteiger partial charge in [0.25, 0.3) is 0 Å². The third-order valence-corrected chi connectivity index (χ3v) is 16.2. The van der Waals surface area contributed by atoms with Crippen molar-refractivity contribution >= 4 is 44.3 Å². The van der Waals surface area contributed by atoms with Crippen molar-refractivity contribution in [3.63, 3.8) is 0 Å². The van der Waals surface area contributed by atoms with Crippen LogP contribution < -0.4 is 9.80 Å². The first kappa shape index (κ1) is 35.8. The third-order valence-electron chi connectivity index (χ3n) is 16.2. The lowest BCUT2D eigenvalue weighted by atomic mass is 9.66. The molecule has 0 spiro atoms. The number of nitrogens with zero attached hydrogens (tertiary/aromatic N) is 2. The molecular weight excluding hydrogens is 701 g/mol. The SMILES string of the molecule is CC12CCCCCC1(C)N(c1ccccc1)c1ccc(-c3c4ccccc4c(-c4ccc5c(c4)C4(C)CCCCCC4(C)N5c4ccccc4)c4ccccc34)cc12. The molecule has 0 amide bonds. The number of rotatable bonds is 4. The van der Waals surface area contributed by atoms with E-state index in [2.05, 4.69) is 183 Å². The van der Waals surface area contributed by atoms with Crippen molar-refractivity contribution in [2.45, 2.75) is 114 Å². The van der Waals surface area contributed by atoms with Gasteiger partial charge in [0.2, 0.25) is 0 Å². The molecule has 0 bridgehead atoms. The average Bonchev–Trinajstić information content (AvgIpc) is 3.36. The Morgan fingerprint density at radius 1 is 0.362 bits per heavy atom. The van der Waals surface area contributed by atoms with Gasteiger partial charge in [0.15, 0.2) is 0 Å². The number of hydrogen-bond acceptors (Lipinski definition) is 2. The zero-order valence-corrected chi connectivity index (χ0v) is 34.8. The lowest BCUT2D eigenvalue weighted by Crippen LogP contribution is -2.52. The highest BCUT2D eigenvalue weighted by Crippen LogP contribution is 2.62. The van der Waals surface area contributed by atoms with Crippen LogP contribution in [0.4, 0.5) is 22.7 Å². The summed E-state index contributed by atoms with van der Waals surface area (Å²) in [5.74, 6) is 0. The molecule has 0 saturated heterocycles. The zero-order valence-electron chi connectivity index (χ0n) is 34.8. The lowest BCUT2D eigenvalue weighted by molar-refractivity contribution is 0.261. The average molecular weight is 757 g/mol. The molecule has 4 unspecified atom stereocenters. The second kappa shape index (κ2) is 13.1. The van der Waals surface area contributed by atoms with Crippen LogP contribution in [0.5, 0.6) is 0 Å². The highest BCUT2D eigenvalue weighted by Gasteiger charge is 2.58. The van der Waals surface area contributed by atoms with Crippen LogP contribution in [0.15, 0.2) is 146 Å². The molecule has 290 valence electrons. The van der Waals surface area contributed by atoms with Crippen LogP contribution in [0.3, 0.4) is 0 Å². The van der Waals surface area contributed by atoms with Crippen LogP contribution in [-0.2, 0) is 10.8 Å². The van der Waals surface area contributed by atoms with E-state index in [1.54, 1.807) is 0 Å². The molecule has 2 heterocycles. The lowest BCUT2D eigenvalue weighted by Gasteiger charge is -2.46. The molecule has 2 nitrogen and oxygen atoms in total. The fraction of sp³-hybridized carbons (Fsp3) is 0.321. The first-order valence-electron chi connectivity index (χ1n) is 22.2. The Morgan fingerprint density at radius 3 is 1.09 bits per heavy atom. The summed E-state index contributed by atoms with van der Waals surface area (Å²) in [7, 11) is 0. The Hall–Kier alpha value is -5.34. The summed E-state index contributed by atoms with van der Waals surface area (Å²) in [5.41, 5.74) is 13.9. The molecule has 58 heavy (non-hydrogen) atoms. The predicted molar refractivity (Wildman–Crippen MR) is 247 cm³/mol. The predicted octanol–water partition coefficient (Wildman–Crippen LogP) is 15.6. The molecule has 11 rings (SSSR count).